The van der Waals surface area contributed by atoms with E-state index in [1.165, 1.54) is 18.2 Å². The predicted molar refractivity (Wildman–Crippen MR) is 118 cm³/mol. The molecule has 3 aromatic carbocycles. The van der Waals surface area contributed by atoms with Crippen LogP contribution in [0.25, 0.3) is 22.2 Å². The number of benzene rings is 3. The highest BCUT2D eigenvalue weighted by Crippen LogP contribution is 2.26. The maximum Gasteiger partial charge on any atom is 0.256 e. The SMILES string of the molecule is Cc1ccc2nc(-c3ccccc3)cc(C(=O)Nc3cccc(S(N)(=O)=O)c3)c2c1. The van der Waals surface area contributed by atoms with Crippen LogP contribution < -0.4 is 10.5 Å². The van der Waals surface area contributed by atoms with Crippen molar-refractivity contribution in [2.24, 2.45) is 5.14 Å². The fraction of sp³-hybridized carbons (Fsp3) is 0.0435. The van der Waals surface area contributed by atoms with E-state index in [1.54, 1.807) is 12.1 Å². The van der Waals surface area contributed by atoms with E-state index in [0.717, 1.165) is 16.5 Å². The van der Waals surface area contributed by atoms with Gasteiger partial charge >= 0.3 is 0 Å². The van der Waals surface area contributed by atoms with Gasteiger partial charge in [0.05, 0.1) is 21.7 Å². The third-order valence-electron chi connectivity index (χ3n) is 4.70. The van der Waals surface area contributed by atoms with Crippen molar-refractivity contribution >= 4 is 32.5 Å². The molecule has 0 aliphatic rings. The normalized spacial score (nSPS) is 11.4. The Morgan fingerprint density at radius 2 is 1.70 bits per heavy atom. The molecule has 3 N–H and O–H groups in total. The van der Waals surface area contributed by atoms with E-state index in [2.05, 4.69) is 5.32 Å². The Bertz CT molecular complexity index is 1370. The van der Waals surface area contributed by atoms with Crippen LogP contribution in [0.4, 0.5) is 5.69 Å². The van der Waals surface area contributed by atoms with Crippen molar-refractivity contribution in [1.82, 2.24) is 4.98 Å². The smallest absolute Gasteiger partial charge is 0.256 e. The summed E-state index contributed by atoms with van der Waals surface area (Å²) in [7, 11) is -3.87. The van der Waals surface area contributed by atoms with Crippen molar-refractivity contribution in [3.05, 3.63) is 90.0 Å². The number of carbonyl (C=O) groups is 1. The Kier molecular flexibility index (Phi) is 5.07. The van der Waals surface area contributed by atoms with Crippen LogP contribution in [0.1, 0.15) is 15.9 Å². The van der Waals surface area contributed by atoms with Crippen LogP contribution in [0.5, 0.6) is 0 Å². The number of nitrogens with zero attached hydrogens (tertiary/aromatic N) is 1. The Hall–Kier alpha value is -3.55. The minimum atomic E-state index is -3.87. The molecule has 0 spiro atoms. The molecule has 0 saturated heterocycles. The molecule has 0 aliphatic carbocycles. The molecule has 0 atom stereocenters. The van der Waals surface area contributed by atoms with E-state index in [1.807, 2.05) is 55.5 Å². The number of sulfonamides is 1. The van der Waals surface area contributed by atoms with Crippen molar-refractivity contribution in [1.29, 1.82) is 0 Å². The molecule has 1 amide bonds. The van der Waals surface area contributed by atoms with Gasteiger partial charge in [-0.1, -0.05) is 48.0 Å². The lowest BCUT2D eigenvalue weighted by atomic mass is 10.0. The zero-order valence-electron chi connectivity index (χ0n) is 16.2. The second kappa shape index (κ2) is 7.70. The van der Waals surface area contributed by atoms with E-state index >= 15 is 0 Å². The first-order valence-corrected chi connectivity index (χ1v) is 10.8. The first kappa shape index (κ1) is 19.8. The molecular formula is C23H19N3O3S. The summed E-state index contributed by atoms with van der Waals surface area (Å²) in [6.07, 6.45) is 0. The number of amides is 1. The molecule has 30 heavy (non-hydrogen) atoms. The second-order valence-corrected chi connectivity index (χ2v) is 8.53. The number of hydrogen-bond donors (Lipinski definition) is 2. The zero-order valence-corrected chi connectivity index (χ0v) is 17.0. The summed E-state index contributed by atoms with van der Waals surface area (Å²) in [6, 6.07) is 22.9. The maximum atomic E-state index is 13.2. The minimum absolute atomic E-state index is 0.0688. The molecule has 0 aliphatic heterocycles. The summed E-state index contributed by atoms with van der Waals surface area (Å²) in [6.45, 7) is 1.95. The number of fused-ring (bicyclic) bond motifs is 1. The molecule has 0 radical (unpaired) electrons. The van der Waals surface area contributed by atoms with Crippen LogP contribution in [0.2, 0.25) is 0 Å². The van der Waals surface area contributed by atoms with Gasteiger partial charge in [0.2, 0.25) is 10.0 Å². The number of hydrogen-bond acceptors (Lipinski definition) is 4. The van der Waals surface area contributed by atoms with Crippen LogP contribution in [-0.2, 0) is 10.0 Å². The largest absolute Gasteiger partial charge is 0.322 e. The molecule has 0 unspecified atom stereocenters. The lowest BCUT2D eigenvalue weighted by molar-refractivity contribution is 0.102. The number of nitrogens with one attached hydrogen (secondary N) is 1. The molecular weight excluding hydrogens is 398 g/mol. The van der Waals surface area contributed by atoms with E-state index in [4.69, 9.17) is 10.1 Å². The van der Waals surface area contributed by atoms with Gasteiger partial charge in [0.1, 0.15) is 0 Å². The maximum absolute atomic E-state index is 13.2. The first-order valence-electron chi connectivity index (χ1n) is 9.22. The number of aryl methyl sites for hydroxylation is 1. The quantitative estimate of drug-likeness (QED) is 0.522. The summed E-state index contributed by atoms with van der Waals surface area (Å²) in [5.41, 5.74) is 4.06. The van der Waals surface area contributed by atoms with Crippen molar-refractivity contribution in [3.8, 4) is 11.3 Å². The zero-order chi connectivity index (χ0) is 21.3. The van der Waals surface area contributed by atoms with Crippen molar-refractivity contribution in [3.63, 3.8) is 0 Å². The number of anilines is 1. The third-order valence-corrected chi connectivity index (χ3v) is 5.61. The van der Waals surface area contributed by atoms with Gasteiger partial charge in [-0.25, -0.2) is 18.5 Å². The second-order valence-electron chi connectivity index (χ2n) is 6.97. The van der Waals surface area contributed by atoms with Gasteiger partial charge < -0.3 is 5.32 Å². The summed E-state index contributed by atoms with van der Waals surface area (Å²) in [4.78, 5) is 17.8. The summed E-state index contributed by atoms with van der Waals surface area (Å²) in [5, 5.41) is 8.69. The van der Waals surface area contributed by atoms with Gasteiger partial charge in [0.25, 0.3) is 5.91 Å². The van der Waals surface area contributed by atoms with Crippen molar-refractivity contribution in [2.75, 3.05) is 5.32 Å². The predicted octanol–water partition coefficient (Wildman–Crippen LogP) is 4.11. The van der Waals surface area contributed by atoms with Gasteiger partial charge in [-0.05, 0) is 43.3 Å². The number of primary sulfonamides is 1. The van der Waals surface area contributed by atoms with E-state index in [0.29, 0.717) is 22.5 Å². The highest BCUT2D eigenvalue weighted by atomic mass is 32.2. The third kappa shape index (κ3) is 4.07. The highest BCUT2D eigenvalue weighted by molar-refractivity contribution is 7.89. The van der Waals surface area contributed by atoms with Crippen molar-refractivity contribution < 1.29 is 13.2 Å². The molecule has 150 valence electrons. The Morgan fingerprint density at radius 1 is 0.933 bits per heavy atom. The molecule has 7 heteroatoms. The number of pyridine rings is 1. The number of aromatic nitrogens is 1. The standard InChI is InChI=1S/C23H19N3O3S/c1-15-10-11-21-19(12-15)20(14-22(26-21)16-6-3-2-4-7-16)23(27)25-17-8-5-9-18(13-17)30(24,28)29/h2-14H,1H3,(H,25,27)(H2,24,28,29). The summed E-state index contributed by atoms with van der Waals surface area (Å²) in [5.74, 6) is -0.364. The number of carbonyl (C=O) groups excluding carboxylic acids is 1. The highest BCUT2D eigenvalue weighted by Gasteiger charge is 2.16. The van der Waals surface area contributed by atoms with Gasteiger partial charge in [0, 0.05) is 16.6 Å². The lowest BCUT2D eigenvalue weighted by Crippen LogP contribution is -2.15. The van der Waals surface area contributed by atoms with Gasteiger partial charge in [-0.3, -0.25) is 4.79 Å². The average molecular weight is 417 g/mol. The van der Waals surface area contributed by atoms with E-state index < -0.39 is 10.0 Å². The van der Waals surface area contributed by atoms with Crippen LogP contribution in [0.3, 0.4) is 0 Å². The van der Waals surface area contributed by atoms with Crippen LogP contribution in [-0.4, -0.2) is 19.3 Å². The number of rotatable bonds is 4. The minimum Gasteiger partial charge on any atom is -0.322 e. The van der Waals surface area contributed by atoms with Crippen LogP contribution >= 0.6 is 0 Å². The molecule has 4 rings (SSSR count). The van der Waals surface area contributed by atoms with Gasteiger partial charge in [0.15, 0.2) is 0 Å². The van der Waals surface area contributed by atoms with E-state index in [-0.39, 0.29) is 10.8 Å². The fourth-order valence-corrected chi connectivity index (χ4v) is 3.79. The first-order chi connectivity index (χ1) is 14.3. The molecule has 0 bridgehead atoms. The average Bonchev–Trinajstić information content (AvgIpc) is 2.73. The van der Waals surface area contributed by atoms with E-state index in [9.17, 15) is 13.2 Å². The molecule has 6 nitrogen and oxygen atoms in total. The van der Waals surface area contributed by atoms with Gasteiger partial charge in [-0.15, -0.1) is 0 Å². The topological polar surface area (TPSA) is 102 Å². The number of nitrogens with two attached hydrogens (primary N) is 1. The molecule has 1 aromatic heterocycles. The Balaban J connectivity index is 1.81. The Morgan fingerprint density at radius 3 is 2.43 bits per heavy atom. The Labute approximate surface area is 174 Å². The monoisotopic (exact) mass is 417 g/mol. The van der Waals surface area contributed by atoms with Crippen LogP contribution in [0.15, 0.2) is 83.8 Å². The molecule has 4 aromatic rings. The summed E-state index contributed by atoms with van der Waals surface area (Å²) >= 11 is 0. The fourth-order valence-electron chi connectivity index (χ4n) is 3.23. The molecule has 0 fully saturated rings. The van der Waals surface area contributed by atoms with Gasteiger partial charge in [-0.2, -0.15) is 0 Å². The van der Waals surface area contributed by atoms with Crippen LogP contribution in [0, 0.1) is 6.92 Å². The van der Waals surface area contributed by atoms with Crippen molar-refractivity contribution in [2.45, 2.75) is 11.8 Å². The molecule has 0 saturated carbocycles. The molecule has 1 heterocycles. The summed E-state index contributed by atoms with van der Waals surface area (Å²) < 4.78 is 23.2. The lowest BCUT2D eigenvalue weighted by Gasteiger charge is -2.12.